The molecule has 35 heavy (non-hydrogen) atoms. The molecule has 1 atom stereocenters. The van der Waals surface area contributed by atoms with E-state index in [1.807, 2.05) is 18.2 Å². The zero-order valence-electron chi connectivity index (χ0n) is 19.6. The third-order valence-corrected chi connectivity index (χ3v) is 9.12. The molecule has 2 aliphatic heterocycles. The van der Waals surface area contributed by atoms with Crippen molar-refractivity contribution in [1.82, 2.24) is 9.21 Å². The Labute approximate surface area is 217 Å². The molecule has 7 nitrogen and oxygen atoms in total. The lowest BCUT2D eigenvalue weighted by Gasteiger charge is -2.34. The van der Waals surface area contributed by atoms with Gasteiger partial charge >= 0.3 is 0 Å². The highest BCUT2D eigenvalue weighted by atomic mass is 35.5. The molecule has 0 aliphatic carbocycles. The number of rotatable bonds is 9. The summed E-state index contributed by atoms with van der Waals surface area (Å²) in [5, 5.41) is 3.38. The van der Waals surface area contributed by atoms with Crippen LogP contribution < -0.4 is 5.32 Å². The van der Waals surface area contributed by atoms with Gasteiger partial charge < -0.3 is 10.1 Å². The molecule has 0 bridgehead atoms. The summed E-state index contributed by atoms with van der Waals surface area (Å²) in [6.45, 7) is 3.50. The van der Waals surface area contributed by atoms with Crippen molar-refractivity contribution in [3.8, 4) is 0 Å². The van der Waals surface area contributed by atoms with E-state index in [2.05, 4.69) is 16.3 Å². The molecule has 1 unspecified atom stereocenters. The molecule has 0 spiro atoms. The lowest BCUT2D eigenvalue weighted by molar-refractivity contribution is -0.121. The zero-order valence-corrected chi connectivity index (χ0v) is 21.9. The summed E-state index contributed by atoms with van der Waals surface area (Å²) in [7, 11) is -3.76. The summed E-state index contributed by atoms with van der Waals surface area (Å²) in [5.74, 6) is -0.266. The van der Waals surface area contributed by atoms with Crippen LogP contribution in [0.15, 0.2) is 47.4 Å². The van der Waals surface area contributed by atoms with E-state index in [-0.39, 0.29) is 35.1 Å². The van der Waals surface area contributed by atoms with Gasteiger partial charge in [0, 0.05) is 24.8 Å². The van der Waals surface area contributed by atoms with E-state index in [1.165, 1.54) is 35.3 Å². The van der Waals surface area contributed by atoms with Gasteiger partial charge in [-0.1, -0.05) is 41.8 Å². The van der Waals surface area contributed by atoms with Crippen LogP contribution in [-0.2, 0) is 26.1 Å². The van der Waals surface area contributed by atoms with Crippen LogP contribution in [0.1, 0.15) is 37.7 Å². The maximum atomic E-state index is 13.2. The van der Waals surface area contributed by atoms with Crippen LogP contribution in [-0.4, -0.2) is 62.4 Å². The van der Waals surface area contributed by atoms with Crippen molar-refractivity contribution < 1.29 is 17.9 Å². The first-order valence-corrected chi connectivity index (χ1v) is 14.2. The van der Waals surface area contributed by atoms with Crippen LogP contribution in [0, 0.1) is 0 Å². The van der Waals surface area contributed by atoms with Gasteiger partial charge in [0.2, 0.25) is 15.9 Å². The minimum Gasteiger partial charge on any atom is -0.370 e. The monoisotopic (exact) mass is 539 g/mol. The molecule has 2 aromatic rings. The normalized spacial score (nSPS) is 19.7. The second-order valence-corrected chi connectivity index (χ2v) is 11.8. The van der Waals surface area contributed by atoms with Gasteiger partial charge in [0.15, 0.2) is 0 Å². The van der Waals surface area contributed by atoms with Crippen molar-refractivity contribution in [2.75, 3.05) is 38.2 Å². The fourth-order valence-electron chi connectivity index (χ4n) is 4.66. The Morgan fingerprint density at radius 1 is 1.00 bits per heavy atom. The lowest BCUT2D eigenvalue weighted by Crippen LogP contribution is -2.46. The molecule has 2 fully saturated rings. The van der Waals surface area contributed by atoms with E-state index < -0.39 is 10.0 Å². The topological polar surface area (TPSA) is 78.9 Å². The molecule has 190 valence electrons. The average molecular weight is 541 g/mol. The third kappa shape index (κ3) is 6.96. The zero-order chi connectivity index (χ0) is 24.8. The number of hydrogen-bond acceptors (Lipinski definition) is 5. The number of carbonyl (C=O) groups is 1. The van der Waals surface area contributed by atoms with Crippen LogP contribution in [0.25, 0.3) is 0 Å². The van der Waals surface area contributed by atoms with E-state index in [1.54, 1.807) is 0 Å². The molecule has 4 rings (SSSR count). The maximum Gasteiger partial charge on any atom is 0.250 e. The minimum atomic E-state index is -3.76. The third-order valence-electron chi connectivity index (χ3n) is 6.43. The van der Waals surface area contributed by atoms with Crippen molar-refractivity contribution in [3.05, 3.63) is 58.1 Å². The Morgan fingerprint density at radius 2 is 1.77 bits per heavy atom. The van der Waals surface area contributed by atoms with Gasteiger partial charge in [0.1, 0.15) is 6.61 Å². The molecule has 0 radical (unpaired) electrons. The Kier molecular flexibility index (Phi) is 9.07. The van der Waals surface area contributed by atoms with Gasteiger partial charge in [-0.25, -0.2) is 8.42 Å². The SMILES string of the molecule is O=C(COCC1CCCCN1S(=O)(=O)c1ccc(Cl)c(Cl)c1)Nc1cccc(CN2CCCC2)c1. The number of carbonyl (C=O) groups excluding carboxylic acids is 1. The van der Waals surface area contributed by atoms with E-state index in [4.69, 9.17) is 27.9 Å². The van der Waals surface area contributed by atoms with Crippen LogP contribution in [0.2, 0.25) is 10.0 Å². The molecule has 10 heteroatoms. The molecule has 2 aliphatic rings. The Bertz CT molecular complexity index is 1140. The largest absolute Gasteiger partial charge is 0.370 e. The summed E-state index contributed by atoms with van der Waals surface area (Å²) < 4.78 is 33.6. The molecule has 2 aromatic carbocycles. The van der Waals surface area contributed by atoms with Crippen molar-refractivity contribution in [1.29, 1.82) is 0 Å². The molecule has 2 heterocycles. The van der Waals surface area contributed by atoms with Crippen molar-refractivity contribution in [2.24, 2.45) is 0 Å². The van der Waals surface area contributed by atoms with Crippen molar-refractivity contribution in [3.63, 3.8) is 0 Å². The minimum absolute atomic E-state index is 0.102. The van der Waals surface area contributed by atoms with E-state index in [0.29, 0.717) is 18.0 Å². The van der Waals surface area contributed by atoms with Gasteiger partial charge in [0.25, 0.3) is 0 Å². The highest BCUT2D eigenvalue weighted by Crippen LogP contribution is 2.30. The first-order valence-electron chi connectivity index (χ1n) is 12.0. The molecular formula is C25H31Cl2N3O4S. The van der Waals surface area contributed by atoms with Gasteiger partial charge in [-0.15, -0.1) is 0 Å². The predicted octanol–water partition coefficient (Wildman–Crippen LogP) is 4.79. The Morgan fingerprint density at radius 3 is 2.54 bits per heavy atom. The Balaban J connectivity index is 1.31. The molecule has 2 saturated heterocycles. The van der Waals surface area contributed by atoms with Crippen LogP contribution >= 0.6 is 23.2 Å². The first-order chi connectivity index (χ1) is 16.8. The number of benzene rings is 2. The summed E-state index contributed by atoms with van der Waals surface area (Å²) >= 11 is 12.0. The van der Waals surface area contributed by atoms with Crippen LogP contribution in [0.4, 0.5) is 5.69 Å². The van der Waals surface area contributed by atoms with Gasteiger partial charge in [-0.3, -0.25) is 9.69 Å². The molecule has 0 saturated carbocycles. The molecule has 1 amide bonds. The van der Waals surface area contributed by atoms with Crippen molar-refractivity contribution >= 4 is 44.8 Å². The summed E-state index contributed by atoms with van der Waals surface area (Å²) in [6, 6.07) is 11.8. The molecule has 0 aromatic heterocycles. The summed E-state index contributed by atoms with van der Waals surface area (Å²) in [4.78, 5) is 15.0. The summed E-state index contributed by atoms with van der Waals surface area (Å²) in [5.41, 5.74) is 1.90. The van der Waals surface area contributed by atoms with Crippen LogP contribution in [0.5, 0.6) is 0 Å². The number of nitrogens with one attached hydrogen (secondary N) is 1. The smallest absolute Gasteiger partial charge is 0.250 e. The number of sulfonamides is 1. The second-order valence-electron chi connectivity index (χ2n) is 9.09. The number of ether oxygens (including phenoxy) is 1. The van der Waals surface area contributed by atoms with E-state index >= 15 is 0 Å². The number of piperidine rings is 1. The highest BCUT2D eigenvalue weighted by Gasteiger charge is 2.34. The fraction of sp³-hybridized carbons (Fsp3) is 0.480. The van der Waals surface area contributed by atoms with Crippen molar-refractivity contribution in [2.45, 2.75) is 49.6 Å². The standard InChI is InChI=1S/C25H31Cl2N3O4S/c26-23-10-9-22(15-24(23)27)35(32,33)30-13-2-1-8-21(30)17-34-18-25(31)28-20-7-5-6-19(14-20)16-29-11-3-4-12-29/h5-7,9-10,14-15,21H,1-4,8,11-13,16-18H2,(H,28,31). The highest BCUT2D eigenvalue weighted by molar-refractivity contribution is 7.89. The quantitative estimate of drug-likeness (QED) is 0.495. The summed E-state index contributed by atoms with van der Waals surface area (Å²) in [6.07, 6.45) is 4.81. The lowest BCUT2D eigenvalue weighted by atomic mass is 10.1. The number of amides is 1. The number of halogens is 2. The number of nitrogens with zero attached hydrogens (tertiary/aromatic N) is 2. The molecule has 1 N–H and O–H groups in total. The Hall–Kier alpha value is -1.68. The number of hydrogen-bond donors (Lipinski definition) is 1. The van der Waals surface area contributed by atoms with Crippen LogP contribution in [0.3, 0.4) is 0 Å². The fourth-order valence-corrected chi connectivity index (χ4v) is 6.73. The van der Waals surface area contributed by atoms with E-state index in [9.17, 15) is 13.2 Å². The number of anilines is 1. The van der Waals surface area contributed by atoms with Gasteiger partial charge in [0.05, 0.1) is 21.5 Å². The number of likely N-dealkylation sites (tertiary alicyclic amines) is 1. The van der Waals surface area contributed by atoms with Gasteiger partial charge in [-0.2, -0.15) is 4.31 Å². The second kappa shape index (κ2) is 12.0. The van der Waals surface area contributed by atoms with E-state index in [0.717, 1.165) is 43.7 Å². The van der Waals surface area contributed by atoms with Gasteiger partial charge in [-0.05, 0) is 74.7 Å². The average Bonchev–Trinajstić information content (AvgIpc) is 3.34. The first kappa shape index (κ1) is 26.4. The molecular weight excluding hydrogens is 509 g/mol. The predicted molar refractivity (Wildman–Crippen MR) is 138 cm³/mol. The maximum absolute atomic E-state index is 13.2.